The molecule has 0 bridgehead atoms. The molecule has 0 fully saturated rings. The molecule has 0 aliphatic carbocycles. The molecule has 1 rings (SSSR count). The number of carbonyl (C=O) groups is 1. The molecule has 7 heteroatoms. The van der Waals surface area contributed by atoms with Crippen molar-refractivity contribution in [3.8, 4) is 0 Å². The zero-order valence-electron chi connectivity index (χ0n) is 9.72. The molecule has 0 aliphatic rings. The maximum atomic E-state index is 11.9. The molecule has 0 heterocycles. The van der Waals surface area contributed by atoms with Gasteiger partial charge < -0.3 is 9.90 Å². The average Bonchev–Trinajstić information content (AvgIpc) is 2.28. The van der Waals surface area contributed by atoms with Crippen LogP contribution in [0.15, 0.2) is 33.6 Å². The second kappa shape index (κ2) is 6.31. The number of hydrogen-bond acceptors (Lipinski definition) is 4. The standard InChI is InChI=1S/C11H14BrNO4S/c1-2-3-10(11(14)15)13-18(16,17)9-6-4-8(12)5-7-9/h4-7,10,13H,2-3H2,1H3,(H,14,15)/p-1/t10-/m1/s1. The van der Waals surface area contributed by atoms with E-state index in [1.165, 1.54) is 12.1 Å². The quantitative estimate of drug-likeness (QED) is 0.827. The maximum Gasteiger partial charge on any atom is 0.241 e. The van der Waals surface area contributed by atoms with E-state index in [0.717, 1.165) is 4.47 Å². The van der Waals surface area contributed by atoms with Crippen LogP contribution in [0, 0.1) is 0 Å². The van der Waals surface area contributed by atoms with E-state index in [-0.39, 0.29) is 11.3 Å². The Kier molecular flexibility index (Phi) is 5.30. The highest BCUT2D eigenvalue weighted by Gasteiger charge is 2.20. The van der Waals surface area contributed by atoms with Crippen LogP contribution in [-0.2, 0) is 14.8 Å². The molecule has 100 valence electrons. The molecule has 0 aliphatic heterocycles. The number of sulfonamides is 1. The minimum atomic E-state index is -3.84. The summed E-state index contributed by atoms with van der Waals surface area (Å²) in [7, 11) is -3.84. The molecule has 1 aromatic rings. The Balaban J connectivity index is 2.93. The van der Waals surface area contributed by atoms with E-state index in [1.807, 2.05) is 0 Å². The topological polar surface area (TPSA) is 86.3 Å². The smallest absolute Gasteiger partial charge is 0.241 e. The van der Waals surface area contributed by atoms with Gasteiger partial charge in [0, 0.05) is 4.47 Å². The zero-order valence-corrected chi connectivity index (χ0v) is 12.1. The predicted molar refractivity (Wildman–Crippen MR) is 68.2 cm³/mol. The normalized spacial score (nSPS) is 13.2. The van der Waals surface area contributed by atoms with Crippen molar-refractivity contribution in [3.63, 3.8) is 0 Å². The Labute approximate surface area is 114 Å². The first-order valence-electron chi connectivity index (χ1n) is 5.35. The summed E-state index contributed by atoms with van der Waals surface area (Å²) in [4.78, 5) is 10.8. The zero-order chi connectivity index (χ0) is 13.8. The van der Waals surface area contributed by atoms with Gasteiger partial charge in [0.15, 0.2) is 0 Å². The summed E-state index contributed by atoms with van der Waals surface area (Å²) in [6, 6.07) is 4.73. The van der Waals surface area contributed by atoms with Crippen molar-refractivity contribution in [3.05, 3.63) is 28.7 Å². The third kappa shape index (κ3) is 4.08. The summed E-state index contributed by atoms with van der Waals surface area (Å²) >= 11 is 3.19. The molecule has 5 nitrogen and oxygen atoms in total. The van der Waals surface area contributed by atoms with Crippen LogP contribution in [0.3, 0.4) is 0 Å². The lowest BCUT2D eigenvalue weighted by Gasteiger charge is -2.18. The summed E-state index contributed by atoms with van der Waals surface area (Å²) in [6.45, 7) is 1.77. The van der Waals surface area contributed by atoms with Crippen molar-refractivity contribution in [2.24, 2.45) is 0 Å². The Morgan fingerprint density at radius 1 is 1.39 bits per heavy atom. The Morgan fingerprint density at radius 3 is 2.39 bits per heavy atom. The number of aliphatic carboxylic acids is 1. The molecule has 0 spiro atoms. The third-order valence-corrected chi connectivity index (χ3v) is 4.30. The van der Waals surface area contributed by atoms with Gasteiger partial charge in [-0.2, -0.15) is 0 Å². The van der Waals surface area contributed by atoms with E-state index in [0.29, 0.717) is 6.42 Å². The summed E-state index contributed by atoms with van der Waals surface area (Å²) < 4.78 is 26.7. The van der Waals surface area contributed by atoms with Crippen LogP contribution >= 0.6 is 15.9 Å². The molecule has 1 atom stereocenters. The summed E-state index contributed by atoms with van der Waals surface area (Å²) in [5.41, 5.74) is 0. The molecule has 0 amide bonds. The SMILES string of the molecule is CCC[C@@H](NS(=O)(=O)c1ccc(Br)cc1)C(=O)[O-]. The summed E-state index contributed by atoms with van der Waals surface area (Å²) in [6.07, 6.45) is 0.736. The molecule has 0 radical (unpaired) electrons. The maximum absolute atomic E-state index is 11.9. The van der Waals surface area contributed by atoms with Crippen LogP contribution in [0.4, 0.5) is 0 Å². The minimum Gasteiger partial charge on any atom is -0.548 e. The van der Waals surface area contributed by atoms with Crippen LogP contribution < -0.4 is 9.83 Å². The molecular formula is C11H13BrNO4S-. The number of carboxylic acid groups (broad SMARTS) is 1. The van der Waals surface area contributed by atoms with E-state index in [4.69, 9.17) is 0 Å². The molecular weight excluding hydrogens is 322 g/mol. The second-order valence-electron chi connectivity index (χ2n) is 3.74. The van der Waals surface area contributed by atoms with Gasteiger partial charge in [-0.05, 0) is 30.7 Å². The highest BCUT2D eigenvalue weighted by Crippen LogP contribution is 2.15. The molecule has 18 heavy (non-hydrogen) atoms. The molecule has 0 saturated carbocycles. The number of carbonyl (C=O) groups excluding carboxylic acids is 1. The summed E-state index contributed by atoms with van der Waals surface area (Å²) in [5.74, 6) is -1.42. The van der Waals surface area contributed by atoms with E-state index >= 15 is 0 Å². The van der Waals surface area contributed by atoms with Crippen molar-refractivity contribution in [1.29, 1.82) is 0 Å². The van der Waals surface area contributed by atoms with Gasteiger partial charge in [-0.25, -0.2) is 13.1 Å². The Hall–Kier alpha value is -0.920. The van der Waals surface area contributed by atoms with Crippen molar-refractivity contribution in [1.82, 2.24) is 4.72 Å². The highest BCUT2D eigenvalue weighted by atomic mass is 79.9. The van der Waals surface area contributed by atoms with Gasteiger partial charge >= 0.3 is 0 Å². The Morgan fingerprint density at radius 2 is 1.94 bits per heavy atom. The molecule has 1 aromatic carbocycles. The van der Waals surface area contributed by atoms with Crippen molar-refractivity contribution in [2.45, 2.75) is 30.7 Å². The molecule has 1 N–H and O–H groups in total. The van der Waals surface area contributed by atoms with Gasteiger partial charge in [0.25, 0.3) is 0 Å². The average molecular weight is 335 g/mol. The lowest BCUT2D eigenvalue weighted by atomic mass is 10.2. The molecule has 0 unspecified atom stereocenters. The van der Waals surface area contributed by atoms with Crippen LogP contribution in [0.2, 0.25) is 0 Å². The van der Waals surface area contributed by atoms with Crippen molar-refractivity contribution >= 4 is 31.9 Å². The fraction of sp³-hybridized carbons (Fsp3) is 0.364. The first-order chi connectivity index (χ1) is 8.36. The fourth-order valence-corrected chi connectivity index (χ4v) is 2.87. The summed E-state index contributed by atoms with van der Waals surface area (Å²) in [5, 5.41) is 10.8. The number of carboxylic acids is 1. The van der Waals surface area contributed by atoms with Crippen molar-refractivity contribution in [2.75, 3.05) is 0 Å². The van der Waals surface area contributed by atoms with E-state index in [1.54, 1.807) is 19.1 Å². The number of hydrogen-bond donors (Lipinski definition) is 1. The second-order valence-corrected chi connectivity index (χ2v) is 6.37. The van der Waals surface area contributed by atoms with Crippen LogP contribution in [0.5, 0.6) is 0 Å². The first-order valence-corrected chi connectivity index (χ1v) is 7.63. The van der Waals surface area contributed by atoms with E-state index < -0.39 is 22.0 Å². The van der Waals surface area contributed by atoms with Crippen LogP contribution in [-0.4, -0.2) is 20.4 Å². The number of halogens is 1. The molecule has 0 saturated heterocycles. The fourth-order valence-electron chi connectivity index (χ4n) is 1.38. The number of benzene rings is 1. The van der Waals surface area contributed by atoms with E-state index in [2.05, 4.69) is 20.7 Å². The largest absolute Gasteiger partial charge is 0.548 e. The van der Waals surface area contributed by atoms with Gasteiger partial charge in [0.2, 0.25) is 10.0 Å². The van der Waals surface area contributed by atoms with Gasteiger partial charge in [-0.15, -0.1) is 0 Å². The lowest BCUT2D eigenvalue weighted by Crippen LogP contribution is -2.47. The van der Waals surface area contributed by atoms with Crippen LogP contribution in [0.1, 0.15) is 19.8 Å². The van der Waals surface area contributed by atoms with Gasteiger partial charge in [0.1, 0.15) is 0 Å². The number of rotatable bonds is 6. The molecule has 0 aromatic heterocycles. The van der Waals surface area contributed by atoms with Gasteiger partial charge in [-0.1, -0.05) is 29.3 Å². The van der Waals surface area contributed by atoms with Crippen LogP contribution in [0.25, 0.3) is 0 Å². The van der Waals surface area contributed by atoms with Gasteiger partial charge in [0.05, 0.1) is 16.9 Å². The monoisotopic (exact) mass is 334 g/mol. The number of nitrogens with one attached hydrogen (secondary N) is 1. The first kappa shape index (κ1) is 15.1. The van der Waals surface area contributed by atoms with E-state index in [9.17, 15) is 18.3 Å². The lowest BCUT2D eigenvalue weighted by molar-refractivity contribution is -0.308. The Bertz CT molecular complexity index is 512. The van der Waals surface area contributed by atoms with Crippen molar-refractivity contribution < 1.29 is 18.3 Å². The van der Waals surface area contributed by atoms with Gasteiger partial charge in [-0.3, -0.25) is 0 Å². The predicted octanol–water partition coefficient (Wildman–Crippen LogP) is 0.646. The highest BCUT2D eigenvalue weighted by molar-refractivity contribution is 9.10. The minimum absolute atomic E-state index is 0.0213. The third-order valence-electron chi connectivity index (χ3n) is 2.28.